The molecule has 3 aromatic carbocycles. The lowest BCUT2D eigenvalue weighted by Gasteiger charge is -2.33. The number of nitrogens with zero attached hydrogens (tertiary/aromatic N) is 3. The number of aliphatic imine (C=N–C) groups is 1. The van der Waals surface area contributed by atoms with Gasteiger partial charge in [0, 0.05) is 54.1 Å². The number of methoxy groups -OCH3 is 2. The van der Waals surface area contributed by atoms with Crippen molar-refractivity contribution >= 4 is 46.1 Å². The molecule has 9 rings (SSSR count). The fourth-order valence-electron chi connectivity index (χ4n) is 12.3. The molecule has 4 heterocycles. The average Bonchev–Trinajstić information content (AvgIpc) is 4.21. The van der Waals surface area contributed by atoms with Gasteiger partial charge in [0.1, 0.15) is 6.04 Å². The minimum atomic E-state index is -0.726. The van der Waals surface area contributed by atoms with Gasteiger partial charge in [-0.1, -0.05) is 95.8 Å². The zero-order valence-electron chi connectivity index (χ0n) is 41.3. The van der Waals surface area contributed by atoms with E-state index in [1.54, 1.807) is 6.07 Å². The van der Waals surface area contributed by atoms with E-state index in [-0.39, 0.29) is 59.0 Å². The Balaban J connectivity index is 0.955. The molecule has 3 amide bonds. The number of rotatable bonds is 13. The van der Waals surface area contributed by atoms with Crippen molar-refractivity contribution in [3.63, 3.8) is 0 Å². The largest absolute Gasteiger partial charge is 0.469 e. The van der Waals surface area contributed by atoms with E-state index in [1.807, 2.05) is 55.8 Å². The summed E-state index contributed by atoms with van der Waals surface area (Å²) in [5.74, 6) is -1.00. The van der Waals surface area contributed by atoms with Crippen LogP contribution >= 0.6 is 0 Å². The topological polar surface area (TPSA) is 150 Å². The first kappa shape index (κ1) is 48.0. The van der Waals surface area contributed by atoms with E-state index < -0.39 is 18.1 Å². The monoisotopic (exact) mass is 936 g/mol. The fraction of sp³-hybridized carbons (Fsp3) is 0.509. The summed E-state index contributed by atoms with van der Waals surface area (Å²) in [5.41, 5.74) is 12.4. The van der Waals surface area contributed by atoms with Crippen molar-refractivity contribution in [2.75, 3.05) is 27.3 Å². The summed E-state index contributed by atoms with van der Waals surface area (Å²) in [4.78, 5) is 78.6. The molecule has 12 nitrogen and oxygen atoms in total. The summed E-state index contributed by atoms with van der Waals surface area (Å²) in [6.45, 7) is 9.14. The molecule has 3 aliphatic heterocycles. The Morgan fingerprint density at radius 1 is 0.783 bits per heavy atom. The number of H-pyrrole nitrogens is 1. The highest BCUT2D eigenvalue weighted by Gasteiger charge is 2.42. The molecule has 2 saturated heterocycles. The Morgan fingerprint density at radius 2 is 1.42 bits per heavy atom. The van der Waals surface area contributed by atoms with Crippen LogP contribution in [0.25, 0.3) is 38.7 Å². The number of ether oxygens (including phenoxy) is 2. The number of fused-ring (bicyclic) bond motifs is 2. The first-order valence-corrected chi connectivity index (χ1v) is 25.5. The second kappa shape index (κ2) is 20.1. The molecule has 1 aromatic heterocycles. The maximum Gasteiger partial charge on any atom is 0.407 e. The Morgan fingerprint density at radius 3 is 2.07 bits per heavy atom. The number of hydrogen-bond donors (Lipinski definition) is 2. The normalized spacial score (nSPS) is 21.0. The van der Waals surface area contributed by atoms with E-state index in [2.05, 4.69) is 52.8 Å². The minimum absolute atomic E-state index is 0.0150. The summed E-state index contributed by atoms with van der Waals surface area (Å²) >= 11 is 0. The molecule has 5 atom stereocenters. The van der Waals surface area contributed by atoms with Gasteiger partial charge in [-0.05, 0) is 125 Å². The third-order valence-corrected chi connectivity index (χ3v) is 16.4. The Hall–Kier alpha value is -6.04. The van der Waals surface area contributed by atoms with Crippen LogP contribution in [-0.2, 0) is 36.7 Å². The molecule has 0 radical (unpaired) electrons. The summed E-state index contributed by atoms with van der Waals surface area (Å²) in [6, 6.07) is 20.2. The van der Waals surface area contributed by atoms with E-state index in [0.717, 1.165) is 66.5 Å². The molecule has 2 N–H and O–H groups in total. The fourth-order valence-corrected chi connectivity index (χ4v) is 12.3. The Bertz CT molecular complexity index is 2750. The van der Waals surface area contributed by atoms with Crippen molar-refractivity contribution < 1.29 is 28.7 Å². The Labute approximate surface area is 406 Å². The van der Waals surface area contributed by atoms with Crippen LogP contribution in [0, 0.1) is 23.2 Å². The second-order valence-electron chi connectivity index (χ2n) is 20.9. The second-order valence-corrected chi connectivity index (χ2v) is 20.9. The number of benzene rings is 3. The first-order chi connectivity index (χ1) is 33.3. The highest BCUT2D eigenvalue weighted by Crippen LogP contribution is 2.52. The zero-order valence-corrected chi connectivity index (χ0v) is 41.3. The number of carbonyl (C=O) groups excluding carboxylic acids is 4. The maximum atomic E-state index is 14.1. The number of carbonyl (C=O) groups is 4. The molecule has 3 fully saturated rings. The van der Waals surface area contributed by atoms with Gasteiger partial charge in [-0.2, -0.15) is 0 Å². The van der Waals surface area contributed by atoms with Gasteiger partial charge in [-0.15, -0.1) is 0 Å². The third-order valence-electron chi connectivity index (χ3n) is 16.4. The molecule has 1 unspecified atom stereocenters. The van der Waals surface area contributed by atoms with Crippen molar-refractivity contribution in [1.29, 1.82) is 0 Å². The van der Waals surface area contributed by atoms with Gasteiger partial charge in [0.15, 0.2) is 5.43 Å². The van der Waals surface area contributed by atoms with Crippen molar-refractivity contribution in [3.8, 4) is 22.3 Å². The minimum Gasteiger partial charge on any atom is -0.469 e. The van der Waals surface area contributed by atoms with Gasteiger partial charge in [0.05, 0.1) is 38.6 Å². The molecule has 5 aliphatic rings. The standard InChI is InChI=1S/C57H69N5O7/c1-7-35(4)53(60-56(67)69-6)55(66)62-26-12-14-50(62)48-30-51(63)43-27-38(19-22-46(43)59-48)41-21-20-40(44-31-57(32-45(41)44)23-9-8-10-24-57)37-17-15-36(16-18-37)39-28-47(58-33-39)49-13-11-25-61(49)54(65)42(34(2)3)29-52(64)68-5/h15-22,27,30,33-35,42,49-50,53H,7-14,23-26,28-29,31-32H2,1-6H3,(H,59,63)(H,60,67)/t35?,42-,49-,50-,53-/m0/s1. The van der Waals surface area contributed by atoms with Crippen LogP contribution in [0.1, 0.15) is 133 Å². The van der Waals surface area contributed by atoms with Gasteiger partial charge < -0.3 is 29.6 Å². The van der Waals surface area contributed by atoms with Gasteiger partial charge in [-0.25, -0.2) is 4.79 Å². The molecule has 1 saturated carbocycles. The molecule has 12 heteroatoms. The van der Waals surface area contributed by atoms with E-state index >= 15 is 0 Å². The summed E-state index contributed by atoms with van der Waals surface area (Å²) in [6.07, 6.45) is 14.4. The lowest BCUT2D eigenvalue weighted by molar-refractivity contribution is -0.148. The maximum absolute atomic E-state index is 14.1. The predicted octanol–water partition coefficient (Wildman–Crippen LogP) is 10.4. The van der Waals surface area contributed by atoms with E-state index in [9.17, 15) is 24.0 Å². The highest BCUT2D eigenvalue weighted by molar-refractivity contribution is 6.03. The van der Waals surface area contributed by atoms with Crippen LogP contribution < -0.4 is 10.7 Å². The average molecular weight is 936 g/mol. The zero-order chi connectivity index (χ0) is 48.6. The lowest BCUT2D eigenvalue weighted by Crippen LogP contribution is -2.51. The molecular weight excluding hydrogens is 867 g/mol. The molecular formula is C57H69N5O7. The summed E-state index contributed by atoms with van der Waals surface area (Å²) in [7, 11) is 2.67. The van der Waals surface area contributed by atoms with E-state index in [0.29, 0.717) is 37.0 Å². The van der Waals surface area contributed by atoms with Crippen molar-refractivity contribution in [3.05, 3.63) is 99.5 Å². The van der Waals surface area contributed by atoms with Gasteiger partial charge in [0.25, 0.3) is 0 Å². The van der Waals surface area contributed by atoms with Crippen LogP contribution in [0.2, 0.25) is 0 Å². The van der Waals surface area contributed by atoms with Gasteiger partial charge >= 0.3 is 12.1 Å². The number of aromatic nitrogens is 1. The lowest BCUT2D eigenvalue weighted by atomic mass is 9.72. The van der Waals surface area contributed by atoms with E-state index in [4.69, 9.17) is 14.5 Å². The number of pyridine rings is 1. The quantitative estimate of drug-likeness (QED) is 0.127. The smallest absolute Gasteiger partial charge is 0.407 e. The Kier molecular flexibility index (Phi) is 14.0. The number of allylic oxidation sites excluding steroid dienone is 1. The first-order valence-electron chi connectivity index (χ1n) is 25.5. The number of esters is 1. The molecule has 1 spiro atoms. The van der Waals surface area contributed by atoms with Crippen molar-refractivity contribution in [1.82, 2.24) is 20.1 Å². The number of aromatic amines is 1. The number of hydrogen-bond acceptors (Lipinski definition) is 8. The van der Waals surface area contributed by atoms with E-state index in [1.165, 1.54) is 74.1 Å². The summed E-state index contributed by atoms with van der Waals surface area (Å²) in [5, 5.41) is 3.38. The number of amides is 3. The number of likely N-dealkylation sites (tertiary alicyclic amines) is 2. The predicted molar refractivity (Wildman–Crippen MR) is 271 cm³/mol. The summed E-state index contributed by atoms with van der Waals surface area (Å²) < 4.78 is 9.79. The molecule has 364 valence electrons. The van der Waals surface area contributed by atoms with Crippen molar-refractivity contribution in [2.24, 2.45) is 28.2 Å². The van der Waals surface area contributed by atoms with Crippen LogP contribution in [-0.4, -0.2) is 83.8 Å². The molecule has 4 aromatic rings. The van der Waals surface area contributed by atoms with Crippen LogP contribution in [0.15, 0.2) is 76.7 Å². The van der Waals surface area contributed by atoms with Crippen LogP contribution in [0.4, 0.5) is 4.79 Å². The SMILES string of the molecule is CCC(C)[C@H](NC(=O)OC)C(=O)N1CCC[C@H]1c1cc(=O)c2cc(-c3ccc(-c4ccc(C5=CN=C([C@@H]6CCCN6C(=O)[C@@H](CC(=O)OC)C(C)C)C5)cc4)c4c3CC3(CCCCC3)C4)ccc2[nH]1. The highest BCUT2D eigenvalue weighted by atomic mass is 16.5. The van der Waals surface area contributed by atoms with Crippen LogP contribution in [0.3, 0.4) is 0 Å². The number of alkyl carbamates (subject to hydrolysis) is 1. The number of nitrogens with one attached hydrogen (secondary N) is 2. The third kappa shape index (κ3) is 9.52. The van der Waals surface area contributed by atoms with Crippen LogP contribution in [0.5, 0.6) is 0 Å². The molecule has 0 bridgehead atoms. The molecule has 2 aliphatic carbocycles. The van der Waals surface area contributed by atoms with Gasteiger partial charge in [-0.3, -0.25) is 24.2 Å². The van der Waals surface area contributed by atoms with Gasteiger partial charge in [0.2, 0.25) is 11.8 Å². The molecule has 69 heavy (non-hydrogen) atoms. The van der Waals surface area contributed by atoms with Crippen molar-refractivity contribution in [2.45, 2.75) is 136 Å².